The Morgan fingerprint density at radius 2 is 2.05 bits per heavy atom. The summed E-state index contributed by atoms with van der Waals surface area (Å²) < 4.78 is 0. The quantitative estimate of drug-likeness (QED) is 0.776. The fourth-order valence-corrected chi connectivity index (χ4v) is 2.62. The van der Waals surface area contributed by atoms with E-state index in [1.165, 1.54) is 0 Å². The van der Waals surface area contributed by atoms with Gasteiger partial charge in [-0.3, -0.25) is 4.79 Å². The molecule has 7 heteroatoms. The lowest BCUT2D eigenvalue weighted by atomic mass is 10.1. The summed E-state index contributed by atoms with van der Waals surface area (Å²) >= 11 is 1.59. The summed E-state index contributed by atoms with van der Waals surface area (Å²) in [5, 5.41) is 9.03. The lowest BCUT2D eigenvalue weighted by Crippen LogP contribution is -2.31. The van der Waals surface area contributed by atoms with Crippen LogP contribution in [0.4, 0.5) is 0 Å². The van der Waals surface area contributed by atoms with Crippen LogP contribution in [0.15, 0.2) is 29.6 Å². The van der Waals surface area contributed by atoms with Crippen molar-refractivity contribution >= 4 is 42.1 Å². The lowest BCUT2D eigenvalue weighted by Gasteiger charge is -2.06. The zero-order valence-corrected chi connectivity index (χ0v) is 15.0. The van der Waals surface area contributed by atoms with Gasteiger partial charge in [0.25, 0.3) is 5.91 Å². The largest absolute Gasteiger partial charge is 0.351 e. The van der Waals surface area contributed by atoms with Crippen LogP contribution in [-0.2, 0) is 0 Å². The van der Waals surface area contributed by atoms with E-state index in [1.807, 2.05) is 43.5 Å². The van der Waals surface area contributed by atoms with Crippen LogP contribution in [0, 0.1) is 6.92 Å². The molecule has 1 heterocycles. The van der Waals surface area contributed by atoms with Crippen LogP contribution in [0.2, 0.25) is 0 Å². The topological polar surface area (TPSA) is 54.0 Å². The van der Waals surface area contributed by atoms with Gasteiger partial charge in [0.2, 0.25) is 0 Å². The van der Waals surface area contributed by atoms with Crippen molar-refractivity contribution in [1.29, 1.82) is 0 Å². The molecule has 0 spiro atoms. The van der Waals surface area contributed by atoms with E-state index in [4.69, 9.17) is 0 Å². The maximum atomic E-state index is 12.0. The van der Waals surface area contributed by atoms with Crippen molar-refractivity contribution in [3.05, 3.63) is 40.9 Å². The summed E-state index contributed by atoms with van der Waals surface area (Å²) in [5.74, 6) is -0.0435. The average molecular weight is 362 g/mol. The maximum Gasteiger partial charge on any atom is 0.251 e. The molecular formula is C15H21Cl2N3OS. The number of amides is 1. The number of carbonyl (C=O) groups excluding carboxylic acids is 1. The molecule has 0 aliphatic heterocycles. The van der Waals surface area contributed by atoms with Gasteiger partial charge in [0.1, 0.15) is 5.01 Å². The summed E-state index contributed by atoms with van der Waals surface area (Å²) in [6.07, 6.45) is 0. The standard InChI is InChI=1S/C15H19N3OS.2ClH/c1-3-16-7-8-17-14(19)12-5-4-6-13(9-12)15-18-11(2)10-20-15;;/h4-6,9-10,16H,3,7-8H2,1-2H3,(H,17,19);2*1H. The first-order valence-electron chi connectivity index (χ1n) is 6.72. The molecule has 0 aliphatic carbocycles. The fraction of sp³-hybridized carbons (Fsp3) is 0.333. The van der Waals surface area contributed by atoms with E-state index in [2.05, 4.69) is 15.6 Å². The summed E-state index contributed by atoms with van der Waals surface area (Å²) in [7, 11) is 0. The first kappa shape index (κ1) is 20.9. The molecule has 0 saturated heterocycles. The Morgan fingerprint density at radius 1 is 1.27 bits per heavy atom. The molecule has 0 unspecified atom stereocenters. The van der Waals surface area contributed by atoms with Gasteiger partial charge in [-0.25, -0.2) is 4.98 Å². The lowest BCUT2D eigenvalue weighted by molar-refractivity contribution is 0.0954. The molecule has 0 aliphatic rings. The Bertz CT molecular complexity index is 590. The second-order valence-corrected chi connectivity index (χ2v) is 5.34. The first-order valence-corrected chi connectivity index (χ1v) is 7.60. The molecule has 0 radical (unpaired) electrons. The van der Waals surface area contributed by atoms with Crippen molar-refractivity contribution in [2.24, 2.45) is 0 Å². The number of nitrogens with zero attached hydrogens (tertiary/aromatic N) is 1. The molecule has 0 saturated carbocycles. The van der Waals surface area contributed by atoms with Crippen LogP contribution >= 0.6 is 36.2 Å². The maximum absolute atomic E-state index is 12.0. The SMILES string of the molecule is CCNCCNC(=O)c1cccc(-c2nc(C)cs2)c1.Cl.Cl. The number of rotatable bonds is 6. The summed E-state index contributed by atoms with van der Waals surface area (Å²) in [6, 6.07) is 7.59. The van der Waals surface area contributed by atoms with Crippen LogP contribution in [0.1, 0.15) is 23.0 Å². The highest BCUT2D eigenvalue weighted by atomic mass is 35.5. The van der Waals surface area contributed by atoms with Crippen LogP contribution in [0.5, 0.6) is 0 Å². The van der Waals surface area contributed by atoms with Crippen molar-refractivity contribution in [3.8, 4) is 10.6 Å². The second-order valence-electron chi connectivity index (χ2n) is 4.48. The summed E-state index contributed by atoms with van der Waals surface area (Å²) in [6.45, 7) is 6.34. The van der Waals surface area contributed by atoms with E-state index in [0.717, 1.165) is 29.4 Å². The van der Waals surface area contributed by atoms with Crippen molar-refractivity contribution in [3.63, 3.8) is 0 Å². The molecule has 122 valence electrons. The minimum absolute atomic E-state index is 0. The number of hydrogen-bond acceptors (Lipinski definition) is 4. The number of carbonyl (C=O) groups is 1. The van der Waals surface area contributed by atoms with Gasteiger partial charge in [-0.05, 0) is 25.6 Å². The summed E-state index contributed by atoms with van der Waals surface area (Å²) in [5.41, 5.74) is 2.67. The molecule has 2 aromatic rings. The van der Waals surface area contributed by atoms with E-state index in [9.17, 15) is 4.79 Å². The predicted molar refractivity (Wildman–Crippen MR) is 97.7 cm³/mol. The van der Waals surface area contributed by atoms with Gasteiger partial charge < -0.3 is 10.6 Å². The molecule has 2 N–H and O–H groups in total. The molecule has 4 nitrogen and oxygen atoms in total. The third-order valence-corrected chi connectivity index (χ3v) is 3.84. The molecule has 0 bridgehead atoms. The number of aryl methyl sites for hydroxylation is 1. The Labute approximate surface area is 147 Å². The van der Waals surface area contributed by atoms with Gasteiger partial charge in [0, 0.05) is 35.3 Å². The highest BCUT2D eigenvalue weighted by molar-refractivity contribution is 7.13. The molecule has 2 rings (SSSR count). The number of halogens is 2. The van der Waals surface area contributed by atoms with Crippen LogP contribution in [0.3, 0.4) is 0 Å². The fourth-order valence-electron chi connectivity index (χ4n) is 1.82. The zero-order chi connectivity index (χ0) is 14.4. The molecule has 0 fully saturated rings. The Hall–Kier alpha value is -1.14. The van der Waals surface area contributed by atoms with Gasteiger partial charge in [-0.2, -0.15) is 0 Å². The Balaban J connectivity index is 0.00000220. The zero-order valence-electron chi connectivity index (χ0n) is 12.6. The predicted octanol–water partition coefficient (Wildman–Crippen LogP) is 3.30. The average Bonchev–Trinajstić information content (AvgIpc) is 2.90. The molecular weight excluding hydrogens is 341 g/mol. The molecule has 0 atom stereocenters. The van der Waals surface area contributed by atoms with Gasteiger partial charge in [-0.1, -0.05) is 19.1 Å². The van der Waals surface area contributed by atoms with Crippen molar-refractivity contribution in [2.75, 3.05) is 19.6 Å². The Kier molecular flexibility index (Phi) is 10.0. The molecule has 1 aromatic heterocycles. The van der Waals surface area contributed by atoms with Gasteiger partial charge in [-0.15, -0.1) is 36.2 Å². The van der Waals surface area contributed by atoms with Crippen molar-refractivity contribution in [2.45, 2.75) is 13.8 Å². The van der Waals surface area contributed by atoms with Gasteiger partial charge in [0.05, 0.1) is 0 Å². The van der Waals surface area contributed by atoms with Crippen molar-refractivity contribution in [1.82, 2.24) is 15.6 Å². The normalized spacial score (nSPS) is 9.55. The van der Waals surface area contributed by atoms with E-state index in [1.54, 1.807) is 11.3 Å². The number of thiazole rings is 1. The highest BCUT2D eigenvalue weighted by Crippen LogP contribution is 2.24. The number of benzene rings is 1. The third-order valence-electron chi connectivity index (χ3n) is 2.83. The van der Waals surface area contributed by atoms with E-state index < -0.39 is 0 Å². The number of hydrogen-bond donors (Lipinski definition) is 2. The van der Waals surface area contributed by atoms with Gasteiger partial charge >= 0.3 is 0 Å². The minimum Gasteiger partial charge on any atom is -0.351 e. The highest BCUT2D eigenvalue weighted by Gasteiger charge is 2.08. The van der Waals surface area contributed by atoms with E-state index in [0.29, 0.717) is 12.1 Å². The minimum atomic E-state index is -0.0435. The Morgan fingerprint density at radius 3 is 2.68 bits per heavy atom. The van der Waals surface area contributed by atoms with Crippen molar-refractivity contribution < 1.29 is 4.79 Å². The number of aromatic nitrogens is 1. The monoisotopic (exact) mass is 361 g/mol. The molecule has 1 aromatic carbocycles. The third kappa shape index (κ3) is 5.93. The van der Waals surface area contributed by atoms with E-state index in [-0.39, 0.29) is 30.7 Å². The summed E-state index contributed by atoms with van der Waals surface area (Å²) in [4.78, 5) is 16.5. The van der Waals surface area contributed by atoms with Crippen LogP contribution < -0.4 is 10.6 Å². The smallest absolute Gasteiger partial charge is 0.251 e. The second kappa shape index (κ2) is 10.6. The number of likely N-dealkylation sites (N-methyl/N-ethyl adjacent to an activating group) is 1. The first-order chi connectivity index (χ1) is 9.70. The van der Waals surface area contributed by atoms with Crippen LogP contribution in [-0.4, -0.2) is 30.5 Å². The van der Waals surface area contributed by atoms with Crippen LogP contribution in [0.25, 0.3) is 10.6 Å². The molecule has 22 heavy (non-hydrogen) atoms. The van der Waals surface area contributed by atoms with Gasteiger partial charge in [0.15, 0.2) is 0 Å². The van der Waals surface area contributed by atoms with E-state index >= 15 is 0 Å². The molecule has 1 amide bonds. The number of nitrogens with one attached hydrogen (secondary N) is 2.